The Morgan fingerprint density at radius 3 is 1.36 bits per heavy atom. The van der Waals surface area contributed by atoms with Gasteiger partial charge in [-0.25, -0.2) is 0 Å². The fourth-order valence-electron chi connectivity index (χ4n) is 4.87. The van der Waals surface area contributed by atoms with E-state index in [0.29, 0.717) is 39.6 Å². The molecule has 56 heavy (non-hydrogen) atoms. The van der Waals surface area contributed by atoms with Gasteiger partial charge in [-0.15, -0.1) is 19.3 Å². The molecule has 0 aliphatic carbocycles. The van der Waals surface area contributed by atoms with Crippen LogP contribution >= 0.6 is 19.5 Å². The van der Waals surface area contributed by atoms with Crippen molar-refractivity contribution < 1.29 is 56.7 Å². The van der Waals surface area contributed by atoms with Crippen molar-refractivity contribution in [3.8, 4) is 42.8 Å². The molecule has 1 aromatic carbocycles. The van der Waals surface area contributed by atoms with Crippen molar-refractivity contribution in [1.29, 1.82) is 0 Å². The molecule has 310 valence electrons. The lowest BCUT2D eigenvalue weighted by Gasteiger charge is -2.35. The third-order valence-electron chi connectivity index (χ3n) is 7.58. The van der Waals surface area contributed by atoms with Crippen LogP contribution in [0.1, 0.15) is 48.9 Å². The molecular weight excluding hydrogens is 767 g/mol. The number of ether oxygens (including phenoxy) is 6. The lowest BCUT2D eigenvalue weighted by Crippen LogP contribution is -2.50. The third kappa shape index (κ3) is 25.9. The van der Waals surface area contributed by atoms with Crippen LogP contribution in [0.4, 0.5) is 0 Å². The molecule has 0 aromatic heterocycles. The Kier molecular flexibility index (Phi) is 29.5. The van der Waals surface area contributed by atoms with E-state index in [9.17, 15) is 23.7 Å². The van der Waals surface area contributed by atoms with E-state index in [1.807, 2.05) is 0 Å². The monoisotopic (exact) mass is 822 g/mol. The molecule has 4 amide bonds. The maximum absolute atomic E-state index is 13.9. The van der Waals surface area contributed by atoms with Crippen molar-refractivity contribution in [3.05, 3.63) is 29.8 Å². The smallest absolute Gasteiger partial charge is 0.289 e. The van der Waals surface area contributed by atoms with Gasteiger partial charge >= 0.3 is 0 Å². The van der Waals surface area contributed by atoms with Crippen molar-refractivity contribution in [3.63, 3.8) is 0 Å². The van der Waals surface area contributed by atoms with Gasteiger partial charge in [-0.2, -0.15) is 0 Å². The largest absolute Gasteiger partial charge is 0.437 e. The van der Waals surface area contributed by atoms with Crippen LogP contribution in [-0.2, 0) is 47.4 Å². The second kappa shape index (κ2) is 33.1. The fraction of sp³-hybridized carbons (Fsp3) is 0.579. The van der Waals surface area contributed by atoms with Gasteiger partial charge < -0.3 is 54.2 Å². The molecule has 1 unspecified atom stereocenters. The molecule has 0 heterocycles. The summed E-state index contributed by atoms with van der Waals surface area (Å²) in [5.74, 6) is 5.47. The van der Waals surface area contributed by atoms with Crippen molar-refractivity contribution in [2.75, 3.05) is 98.9 Å². The number of amides is 4. The number of benzene rings is 1. The number of terminal acetylenes is 3. The molecule has 0 aliphatic heterocycles. The van der Waals surface area contributed by atoms with Gasteiger partial charge in [0, 0.05) is 44.4 Å². The number of thiol groups is 1. The highest BCUT2D eigenvalue weighted by atomic mass is 32.7. The Morgan fingerprint density at radius 1 is 0.607 bits per heavy atom. The van der Waals surface area contributed by atoms with Gasteiger partial charge in [0.2, 0.25) is 17.7 Å². The first kappa shape index (κ1) is 49.9. The number of carbonyl (C=O) groups is 4. The predicted molar refractivity (Wildman–Crippen MR) is 213 cm³/mol. The highest BCUT2D eigenvalue weighted by Crippen LogP contribution is 2.34. The molecular formula is C38H55N4O12PS. The summed E-state index contributed by atoms with van der Waals surface area (Å²) < 4.78 is 49.0. The van der Waals surface area contributed by atoms with E-state index >= 15 is 0 Å². The molecule has 0 saturated heterocycles. The summed E-state index contributed by atoms with van der Waals surface area (Å²) in [6, 6.07) is 6.16. The normalized spacial score (nSPS) is 11.3. The van der Waals surface area contributed by atoms with Crippen LogP contribution in [-0.4, -0.2) is 128 Å². The highest BCUT2D eigenvalue weighted by Gasteiger charge is 2.34. The molecule has 0 radical (unpaired) electrons. The van der Waals surface area contributed by atoms with E-state index in [-0.39, 0.29) is 127 Å². The first-order chi connectivity index (χ1) is 27.2. The van der Waals surface area contributed by atoms with Crippen LogP contribution in [0.2, 0.25) is 0 Å². The number of rotatable bonds is 34. The molecule has 18 heteroatoms. The SMILES string of the molecule is C#CCOCCOCCNC(=O)CCC(CCC(=O)NCCOCCOCC#C)(CCC(=O)NCCOCCOCC#C)NC(=O)c1ccccc1O[PH](=O)S. The van der Waals surface area contributed by atoms with E-state index in [1.54, 1.807) is 12.1 Å². The molecule has 0 bridgehead atoms. The summed E-state index contributed by atoms with van der Waals surface area (Å²) in [7, 11) is -2.77. The zero-order valence-electron chi connectivity index (χ0n) is 31.7. The molecule has 1 atom stereocenters. The summed E-state index contributed by atoms with van der Waals surface area (Å²) in [6.07, 6.45) is 15.4. The Hall–Kier alpha value is -4.08. The maximum atomic E-state index is 13.9. The molecule has 0 spiro atoms. The standard InChI is InChI=1S/C38H55N4O12PS/c1-4-20-48-26-29-51-23-17-39-34(43)11-14-38(15-12-35(44)40-18-24-52-30-27-49-21-5-2,16-13-36(45)41-19-25-53-31-28-50-22-6-3)42-37(46)32-9-7-8-10-33(32)54-55(47)56/h1-3,7-10,55H,11-31H2,(H,39,43)(H,40,44)(H,41,45)(H,42,46)(H,47,56). The van der Waals surface area contributed by atoms with Crippen molar-refractivity contribution in [1.82, 2.24) is 21.3 Å². The van der Waals surface area contributed by atoms with E-state index in [0.717, 1.165) is 0 Å². The predicted octanol–water partition coefficient (Wildman–Crippen LogP) is 1.54. The molecule has 4 N–H and O–H groups in total. The van der Waals surface area contributed by atoms with E-state index in [4.69, 9.17) is 52.2 Å². The van der Waals surface area contributed by atoms with E-state index in [1.165, 1.54) is 12.1 Å². The highest BCUT2D eigenvalue weighted by molar-refractivity contribution is 8.39. The van der Waals surface area contributed by atoms with Crippen LogP contribution in [0.15, 0.2) is 24.3 Å². The molecule has 0 fully saturated rings. The number of nitrogens with one attached hydrogen (secondary N) is 4. The summed E-state index contributed by atoms with van der Waals surface area (Å²) in [5.41, 5.74) is -1.19. The summed E-state index contributed by atoms with van der Waals surface area (Å²) >= 11 is 3.85. The topological polar surface area (TPSA) is 198 Å². The van der Waals surface area contributed by atoms with Gasteiger partial charge in [0.25, 0.3) is 13.1 Å². The van der Waals surface area contributed by atoms with Crippen LogP contribution < -0.4 is 25.8 Å². The second-order valence-electron chi connectivity index (χ2n) is 11.8. The second-order valence-corrected chi connectivity index (χ2v) is 13.6. The molecule has 1 rings (SSSR count). The molecule has 0 saturated carbocycles. The summed E-state index contributed by atoms with van der Waals surface area (Å²) in [4.78, 5) is 53.0. The number of hydrogen-bond donors (Lipinski definition) is 5. The first-order valence-corrected chi connectivity index (χ1v) is 20.7. The summed E-state index contributed by atoms with van der Waals surface area (Å²) in [6.45, 7) is 3.64. The Bertz CT molecular complexity index is 1350. The van der Waals surface area contributed by atoms with Crippen molar-refractivity contribution >= 4 is 43.1 Å². The van der Waals surface area contributed by atoms with Crippen LogP contribution in [0, 0.1) is 37.0 Å². The van der Waals surface area contributed by atoms with Gasteiger partial charge in [0.15, 0.2) is 0 Å². The number of hydrogen-bond acceptors (Lipinski definition) is 12. The molecule has 1 aromatic rings. The number of carbonyl (C=O) groups excluding carboxylic acids is 4. The average molecular weight is 823 g/mol. The Morgan fingerprint density at radius 2 is 0.982 bits per heavy atom. The summed E-state index contributed by atoms with van der Waals surface area (Å²) in [5, 5.41) is 11.3. The zero-order valence-corrected chi connectivity index (χ0v) is 33.6. The first-order valence-electron chi connectivity index (χ1n) is 18.1. The van der Waals surface area contributed by atoms with Gasteiger partial charge in [0.05, 0.1) is 65.0 Å². The van der Waals surface area contributed by atoms with Crippen LogP contribution in [0.3, 0.4) is 0 Å². The van der Waals surface area contributed by atoms with Crippen molar-refractivity contribution in [2.24, 2.45) is 0 Å². The lowest BCUT2D eigenvalue weighted by atomic mass is 9.82. The number of para-hydroxylation sites is 1. The quantitative estimate of drug-likeness (QED) is 0.0292. The van der Waals surface area contributed by atoms with Gasteiger partial charge in [-0.1, -0.05) is 42.1 Å². The van der Waals surface area contributed by atoms with E-state index < -0.39 is 18.7 Å². The average Bonchev–Trinajstić information content (AvgIpc) is 3.18. The van der Waals surface area contributed by atoms with Gasteiger partial charge in [0.1, 0.15) is 25.6 Å². The van der Waals surface area contributed by atoms with Gasteiger partial charge in [-0.05, 0) is 31.4 Å². The van der Waals surface area contributed by atoms with E-state index in [2.05, 4.69) is 51.3 Å². The lowest BCUT2D eigenvalue weighted by molar-refractivity contribution is -0.121. The van der Waals surface area contributed by atoms with Crippen LogP contribution in [0.25, 0.3) is 0 Å². The molecule has 0 aliphatic rings. The Balaban J connectivity index is 3.10. The molecule has 16 nitrogen and oxygen atoms in total. The van der Waals surface area contributed by atoms with Crippen molar-refractivity contribution in [2.45, 2.75) is 44.1 Å². The minimum absolute atomic E-state index is 0.0325. The Labute approximate surface area is 335 Å². The fourth-order valence-corrected chi connectivity index (χ4v) is 5.53. The third-order valence-corrected chi connectivity index (χ3v) is 8.25. The zero-order chi connectivity index (χ0) is 41.1. The van der Waals surface area contributed by atoms with Crippen LogP contribution in [0.5, 0.6) is 5.75 Å². The van der Waals surface area contributed by atoms with Gasteiger partial charge in [-0.3, -0.25) is 23.7 Å². The minimum Gasteiger partial charge on any atom is -0.437 e. The minimum atomic E-state index is -2.77. The maximum Gasteiger partial charge on any atom is 0.289 e.